The summed E-state index contributed by atoms with van der Waals surface area (Å²) in [5, 5.41) is 5.21. The zero-order valence-electron chi connectivity index (χ0n) is 19.0. The number of carbonyl (C=O) groups is 1. The van der Waals surface area contributed by atoms with E-state index in [1.165, 1.54) is 24.3 Å². The molecule has 1 heterocycles. The van der Waals surface area contributed by atoms with Crippen LogP contribution in [0.15, 0.2) is 77.7 Å². The predicted molar refractivity (Wildman–Crippen MR) is 129 cm³/mol. The first-order valence-corrected chi connectivity index (χ1v) is 12.2. The maximum atomic E-state index is 13.7. The highest BCUT2D eigenvalue weighted by molar-refractivity contribution is 7.89. The minimum atomic E-state index is -3.86. The van der Waals surface area contributed by atoms with Crippen LogP contribution < -0.4 is 5.14 Å². The number of sulfonamides is 1. The van der Waals surface area contributed by atoms with Crippen molar-refractivity contribution in [3.63, 3.8) is 0 Å². The van der Waals surface area contributed by atoms with Crippen LogP contribution in [0.4, 0.5) is 8.78 Å². The van der Waals surface area contributed by atoms with Crippen LogP contribution in [0, 0.1) is 18.6 Å². The van der Waals surface area contributed by atoms with Crippen molar-refractivity contribution in [2.45, 2.75) is 18.7 Å². The number of carbonyl (C=O) groups excluding carboxylic acids is 1. The Balaban J connectivity index is 1.83. The molecule has 6 nitrogen and oxygen atoms in total. The molecule has 0 aliphatic heterocycles. The Morgan fingerprint density at radius 3 is 2.00 bits per heavy atom. The molecule has 0 bridgehead atoms. The van der Waals surface area contributed by atoms with E-state index >= 15 is 0 Å². The van der Waals surface area contributed by atoms with Gasteiger partial charge in [-0.1, -0.05) is 24.3 Å². The van der Waals surface area contributed by atoms with E-state index in [0.717, 1.165) is 11.6 Å². The largest absolute Gasteiger partial charge is 0.462 e. The molecule has 0 aliphatic rings. The third kappa shape index (κ3) is 5.01. The number of aromatic nitrogens is 1. The summed E-state index contributed by atoms with van der Waals surface area (Å²) in [6.45, 7) is 3.68. The van der Waals surface area contributed by atoms with E-state index in [2.05, 4.69) is 0 Å². The molecule has 4 aromatic rings. The number of esters is 1. The Hall–Kier alpha value is -3.82. The quantitative estimate of drug-likeness (QED) is 0.371. The average molecular weight is 497 g/mol. The van der Waals surface area contributed by atoms with Gasteiger partial charge in [0.05, 0.1) is 22.8 Å². The van der Waals surface area contributed by atoms with Crippen molar-refractivity contribution in [3.8, 4) is 28.1 Å². The van der Waals surface area contributed by atoms with Crippen LogP contribution >= 0.6 is 0 Å². The lowest BCUT2D eigenvalue weighted by Gasteiger charge is -2.13. The van der Waals surface area contributed by atoms with Crippen molar-refractivity contribution in [1.29, 1.82) is 0 Å². The van der Waals surface area contributed by atoms with Gasteiger partial charge in [-0.3, -0.25) is 0 Å². The summed E-state index contributed by atoms with van der Waals surface area (Å²) in [5.74, 6) is -1.83. The lowest BCUT2D eigenvalue weighted by atomic mass is 10.0. The normalized spacial score (nSPS) is 11.5. The van der Waals surface area contributed by atoms with Crippen molar-refractivity contribution in [2.24, 2.45) is 5.14 Å². The molecular formula is C26H22F2N2O4S. The van der Waals surface area contributed by atoms with Gasteiger partial charge in [0.2, 0.25) is 10.0 Å². The van der Waals surface area contributed by atoms with Gasteiger partial charge in [-0.2, -0.15) is 0 Å². The molecule has 35 heavy (non-hydrogen) atoms. The fraction of sp³-hybridized carbons (Fsp3) is 0.115. The molecule has 0 aliphatic carbocycles. The molecule has 1 aromatic heterocycles. The monoisotopic (exact) mass is 496 g/mol. The summed E-state index contributed by atoms with van der Waals surface area (Å²) in [7, 11) is -3.86. The summed E-state index contributed by atoms with van der Waals surface area (Å²) in [6.07, 6.45) is 0. The minimum absolute atomic E-state index is 0.0371. The van der Waals surface area contributed by atoms with E-state index in [9.17, 15) is 22.0 Å². The first-order chi connectivity index (χ1) is 16.6. The third-order valence-corrected chi connectivity index (χ3v) is 6.47. The molecule has 3 aromatic carbocycles. The number of benzene rings is 3. The number of hydrogen-bond donors (Lipinski definition) is 1. The van der Waals surface area contributed by atoms with Gasteiger partial charge in [0.15, 0.2) is 0 Å². The van der Waals surface area contributed by atoms with E-state index < -0.39 is 27.6 Å². The highest BCUT2D eigenvalue weighted by atomic mass is 32.2. The van der Waals surface area contributed by atoms with Gasteiger partial charge in [0.1, 0.15) is 11.6 Å². The third-order valence-electron chi connectivity index (χ3n) is 5.54. The zero-order chi connectivity index (χ0) is 25.3. The Kier molecular flexibility index (Phi) is 6.56. The van der Waals surface area contributed by atoms with Crippen LogP contribution in [-0.4, -0.2) is 25.6 Å². The number of ether oxygens (including phenoxy) is 1. The van der Waals surface area contributed by atoms with Crippen LogP contribution in [0.5, 0.6) is 0 Å². The maximum Gasteiger partial charge on any atom is 0.339 e. The van der Waals surface area contributed by atoms with Crippen LogP contribution in [0.1, 0.15) is 23.0 Å². The van der Waals surface area contributed by atoms with Crippen molar-refractivity contribution in [2.75, 3.05) is 6.61 Å². The lowest BCUT2D eigenvalue weighted by molar-refractivity contribution is 0.0525. The number of halogens is 2. The van der Waals surface area contributed by atoms with Crippen LogP contribution in [0.3, 0.4) is 0 Å². The molecule has 0 spiro atoms. The second-order valence-electron chi connectivity index (χ2n) is 7.86. The van der Waals surface area contributed by atoms with E-state index in [4.69, 9.17) is 9.88 Å². The minimum Gasteiger partial charge on any atom is -0.462 e. The fourth-order valence-electron chi connectivity index (χ4n) is 3.91. The van der Waals surface area contributed by atoms with Gasteiger partial charge >= 0.3 is 5.97 Å². The van der Waals surface area contributed by atoms with Crippen molar-refractivity contribution in [3.05, 3.63) is 95.7 Å². The summed E-state index contributed by atoms with van der Waals surface area (Å²) < 4.78 is 57.6. The van der Waals surface area contributed by atoms with E-state index in [1.54, 1.807) is 60.9 Å². The molecule has 9 heteroatoms. The molecule has 0 saturated heterocycles. The molecule has 0 atom stereocenters. The van der Waals surface area contributed by atoms with Gasteiger partial charge in [-0.15, -0.1) is 0 Å². The van der Waals surface area contributed by atoms with E-state index in [0.29, 0.717) is 33.8 Å². The molecule has 0 amide bonds. The molecule has 0 fully saturated rings. The van der Waals surface area contributed by atoms with Gasteiger partial charge in [-0.05, 0) is 73.0 Å². The van der Waals surface area contributed by atoms with Crippen LogP contribution in [0.25, 0.3) is 28.1 Å². The van der Waals surface area contributed by atoms with E-state index in [-0.39, 0.29) is 11.5 Å². The number of hydrogen-bond acceptors (Lipinski definition) is 4. The fourth-order valence-corrected chi connectivity index (χ4v) is 4.42. The van der Waals surface area contributed by atoms with E-state index in [1.807, 2.05) is 0 Å². The summed E-state index contributed by atoms with van der Waals surface area (Å²) in [6, 6.07) is 18.0. The summed E-state index contributed by atoms with van der Waals surface area (Å²) >= 11 is 0. The Labute approximate surface area is 201 Å². The lowest BCUT2D eigenvalue weighted by Crippen LogP contribution is -2.12. The molecule has 180 valence electrons. The first-order valence-electron chi connectivity index (χ1n) is 10.7. The van der Waals surface area contributed by atoms with Crippen molar-refractivity contribution >= 4 is 16.0 Å². The number of nitrogens with zero attached hydrogens (tertiary/aromatic N) is 1. The SMILES string of the molecule is CCOC(=O)c1cc(-c2ccc(-c3cc(F)cc(F)c3)cc2)n(-c2ccc(S(N)(=O)=O)cc2)c1C. The van der Waals surface area contributed by atoms with Crippen LogP contribution in [-0.2, 0) is 14.8 Å². The Morgan fingerprint density at radius 2 is 1.46 bits per heavy atom. The average Bonchev–Trinajstić information content (AvgIpc) is 3.15. The Morgan fingerprint density at radius 1 is 0.886 bits per heavy atom. The van der Waals surface area contributed by atoms with Gasteiger partial charge in [0.25, 0.3) is 0 Å². The standard InChI is InChI=1S/C26H22F2N2O4S/c1-3-34-26(31)24-15-25(30(16(24)2)22-8-10-23(11-9-22)35(29,32)33)18-6-4-17(5-7-18)19-12-20(27)14-21(28)13-19/h4-15H,3H2,1-2H3,(H2,29,32,33). The van der Waals surface area contributed by atoms with Crippen LogP contribution in [0.2, 0.25) is 0 Å². The number of nitrogens with two attached hydrogens (primary N) is 1. The smallest absolute Gasteiger partial charge is 0.339 e. The summed E-state index contributed by atoms with van der Waals surface area (Å²) in [4.78, 5) is 12.5. The number of rotatable bonds is 6. The van der Waals surface area contributed by atoms with Gasteiger partial charge in [0, 0.05) is 17.4 Å². The zero-order valence-corrected chi connectivity index (χ0v) is 19.8. The molecular weight excluding hydrogens is 474 g/mol. The summed E-state index contributed by atoms with van der Waals surface area (Å²) in [5.41, 5.74) is 3.94. The van der Waals surface area contributed by atoms with Gasteiger partial charge in [-0.25, -0.2) is 27.1 Å². The highest BCUT2D eigenvalue weighted by Crippen LogP contribution is 2.32. The molecule has 2 N–H and O–H groups in total. The van der Waals surface area contributed by atoms with Crippen molar-refractivity contribution in [1.82, 2.24) is 4.57 Å². The molecule has 0 saturated carbocycles. The molecule has 4 rings (SSSR count). The maximum absolute atomic E-state index is 13.7. The molecule has 0 radical (unpaired) electrons. The first kappa shape index (κ1) is 24.3. The second-order valence-corrected chi connectivity index (χ2v) is 9.42. The Bertz CT molecular complexity index is 1490. The number of primary sulfonamides is 1. The topological polar surface area (TPSA) is 91.4 Å². The second kappa shape index (κ2) is 9.44. The van der Waals surface area contributed by atoms with Crippen molar-refractivity contribution < 1.29 is 26.7 Å². The highest BCUT2D eigenvalue weighted by Gasteiger charge is 2.21. The predicted octanol–water partition coefficient (Wildman–Crippen LogP) is 5.22. The van der Waals surface area contributed by atoms with Gasteiger partial charge < -0.3 is 9.30 Å². The molecule has 0 unspecified atom stereocenters.